The minimum Gasteiger partial charge on any atom is -0.300 e. The van der Waals surface area contributed by atoms with Crippen molar-refractivity contribution >= 4 is 0 Å². The van der Waals surface area contributed by atoms with E-state index in [1.165, 1.54) is 51.6 Å². The zero-order chi connectivity index (χ0) is 8.39. The molecule has 1 heterocycles. The summed E-state index contributed by atoms with van der Waals surface area (Å²) < 4.78 is 0. The van der Waals surface area contributed by atoms with Crippen LogP contribution < -0.4 is 0 Å². The van der Waals surface area contributed by atoms with Crippen molar-refractivity contribution in [1.29, 1.82) is 0 Å². The van der Waals surface area contributed by atoms with Crippen molar-refractivity contribution < 1.29 is 0 Å². The Kier molecular flexibility index (Phi) is 2.69. The molecule has 0 amide bonds. The molecule has 2 atom stereocenters. The van der Waals surface area contributed by atoms with Crippen molar-refractivity contribution in [3.8, 4) is 0 Å². The van der Waals surface area contributed by atoms with Gasteiger partial charge in [0.2, 0.25) is 0 Å². The molecular formula is C11H21N. The van der Waals surface area contributed by atoms with Crippen LogP contribution in [0.4, 0.5) is 0 Å². The molecular weight excluding hydrogens is 146 g/mol. The maximum absolute atomic E-state index is 2.74. The average molecular weight is 167 g/mol. The van der Waals surface area contributed by atoms with Crippen molar-refractivity contribution in [2.24, 2.45) is 5.92 Å². The maximum Gasteiger partial charge on any atom is 0.00978 e. The molecule has 1 heteroatoms. The van der Waals surface area contributed by atoms with Crippen LogP contribution in [-0.4, -0.2) is 24.0 Å². The second kappa shape index (κ2) is 3.78. The summed E-state index contributed by atoms with van der Waals surface area (Å²) in [5, 5.41) is 0. The molecule has 2 fully saturated rings. The largest absolute Gasteiger partial charge is 0.300 e. The smallest absolute Gasteiger partial charge is 0.00978 e. The standard InChI is InChI=1S/C11H21N/c1-10-5-6-11(9-10)12-7-3-2-4-8-12/h10-11H,2-9H2,1H3/t10-,11+/m0/s1. The molecule has 0 radical (unpaired) electrons. The summed E-state index contributed by atoms with van der Waals surface area (Å²) in [5.41, 5.74) is 0. The molecule has 1 nitrogen and oxygen atoms in total. The lowest BCUT2D eigenvalue weighted by Gasteiger charge is -2.32. The number of rotatable bonds is 1. The van der Waals surface area contributed by atoms with E-state index in [4.69, 9.17) is 0 Å². The molecule has 1 saturated heterocycles. The van der Waals surface area contributed by atoms with Crippen LogP contribution in [0.15, 0.2) is 0 Å². The quantitative estimate of drug-likeness (QED) is 0.580. The lowest BCUT2D eigenvalue weighted by Crippen LogP contribution is -2.37. The Labute approximate surface area is 76.1 Å². The highest BCUT2D eigenvalue weighted by atomic mass is 15.2. The summed E-state index contributed by atoms with van der Waals surface area (Å²) in [6, 6.07) is 0.959. The second-order valence-corrected chi connectivity index (χ2v) is 4.67. The number of piperidine rings is 1. The Hall–Kier alpha value is -0.0400. The van der Waals surface area contributed by atoms with Crippen LogP contribution in [0.1, 0.15) is 45.4 Å². The third kappa shape index (κ3) is 1.82. The van der Waals surface area contributed by atoms with E-state index in [0.29, 0.717) is 0 Å². The zero-order valence-corrected chi connectivity index (χ0v) is 8.26. The zero-order valence-electron chi connectivity index (χ0n) is 8.26. The monoisotopic (exact) mass is 167 g/mol. The Bertz CT molecular complexity index is 135. The summed E-state index contributed by atoms with van der Waals surface area (Å²) >= 11 is 0. The van der Waals surface area contributed by atoms with E-state index in [0.717, 1.165) is 12.0 Å². The second-order valence-electron chi connectivity index (χ2n) is 4.67. The molecule has 0 aromatic carbocycles. The normalized spacial score (nSPS) is 38.8. The number of nitrogens with zero attached hydrogens (tertiary/aromatic N) is 1. The fraction of sp³-hybridized carbons (Fsp3) is 1.00. The lowest BCUT2D eigenvalue weighted by atomic mass is 10.1. The molecule has 0 aromatic heterocycles. The molecule has 0 N–H and O–H groups in total. The molecule has 1 saturated carbocycles. The van der Waals surface area contributed by atoms with Crippen LogP contribution in [0.5, 0.6) is 0 Å². The summed E-state index contributed by atoms with van der Waals surface area (Å²) in [7, 11) is 0. The van der Waals surface area contributed by atoms with E-state index in [1.54, 1.807) is 0 Å². The SMILES string of the molecule is C[C@H]1CC[C@@H](N2CCCCC2)C1. The van der Waals surface area contributed by atoms with Gasteiger partial charge in [0.15, 0.2) is 0 Å². The maximum atomic E-state index is 2.74. The molecule has 0 aromatic rings. The van der Waals surface area contributed by atoms with E-state index in [1.807, 2.05) is 0 Å². The van der Waals surface area contributed by atoms with Gasteiger partial charge in [-0.15, -0.1) is 0 Å². The van der Waals surface area contributed by atoms with Crippen LogP contribution in [0, 0.1) is 5.92 Å². The molecule has 1 aliphatic carbocycles. The highest BCUT2D eigenvalue weighted by Gasteiger charge is 2.27. The van der Waals surface area contributed by atoms with Gasteiger partial charge in [0.25, 0.3) is 0 Å². The molecule has 0 unspecified atom stereocenters. The van der Waals surface area contributed by atoms with Crippen LogP contribution in [0.25, 0.3) is 0 Å². The minimum absolute atomic E-state index is 0.959. The van der Waals surface area contributed by atoms with Crippen molar-refractivity contribution in [1.82, 2.24) is 4.90 Å². The Morgan fingerprint density at radius 1 is 1.00 bits per heavy atom. The van der Waals surface area contributed by atoms with E-state index in [9.17, 15) is 0 Å². The minimum atomic E-state index is 0.959. The highest BCUT2D eigenvalue weighted by Crippen LogP contribution is 2.30. The van der Waals surface area contributed by atoms with Gasteiger partial charge in [-0.1, -0.05) is 13.3 Å². The first-order valence-electron chi connectivity index (χ1n) is 5.60. The molecule has 2 rings (SSSR count). The van der Waals surface area contributed by atoms with Crippen molar-refractivity contribution in [3.05, 3.63) is 0 Å². The summed E-state index contributed by atoms with van der Waals surface area (Å²) in [5.74, 6) is 0.997. The molecule has 1 aliphatic heterocycles. The first kappa shape index (κ1) is 8.55. The van der Waals surface area contributed by atoms with Gasteiger partial charge < -0.3 is 4.90 Å². The highest BCUT2D eigenvalue weighted by molar-refractivity contribution is 4.82. The van der Waals surface area contributed by atoms with Gasteiger partial charge in [0, 0.05) is 6.04 Å². The van der Waals surface area contributed by atoms with Crippen LogP contribution in [-0.2, 0) is 0 Å². The molecule has 0 spiro atoms. The van der Waals surface area contributed by atoms with E-state index < -0.39 is 0 Å². The topological polar surface area (TPSA) is 3.24 Å². The average Bonchev–Trinajstić information content (AvgIpc) is 2.54. The van der Waals surface area contributed by atoms with Gasteiger partial charge >= 0.3 is 0 Å². The predicted octanol–water partition coefficient (Wildman–Crippen LogP) is 2.66. The predicted molar refractivity (Wildman–Crippen MR) is 52.2 cm³/mol. The van der Waals surface area contributed by atoms with Gasteiger partial charge in [-0.05, 0) is 51.1 Å². The number of hydrogen-bond acceptors (Lipinski definition) is 1. The molecule has 12 heavy (non-hydrogen) atoms. The van der Waals surface area contributed by atoms with Crippen molar-refractivity contribution in [2.45, 2.75) is 51.5 Å². The van der Waals surface area contributed by atoms with Crippen molar-refractivity contribution in [2.75, 3.05) is 13.1 Å². The number of likely N-dealkylation sites (tertiary alicyclic amines) is 1. The number of hydrogen-bond donors (Lipinski definition) is 0. The van der Waals surface area contributed by atoms with E-state index >= 15 is 0 Å². The van der Waals surface area contributed by atoms with Crippen LogP contribution >= 0.6 is 0 Å². The van der Waals surface area contributed by atoms with Gasteiger partial charge in [-0.2, -0.15) is 0 Å². The van der Waals surface area contributed by atoms with Crippen molar-refractivity contribution in [3.63, 3.8) is 0 Å². The fourth-order valence-corrected chi connectivity index (χ4v) is 2.79. The lowest BCUT2D eigenvalue weighted by molar-refractivity contribution is 0.163. The molecule has 2 aliphatic rings. The third-order valence-corrected chi connectivity index (χ3v) is 3.57. The molecule has 70 valence electrons. The van der Waals surface area contributed by atoms with Gasteiger partial charge in [0.1, 0.15) is 0 Å². The Balaban J connectivity index is 1.83. The first-order valence-corrected chi connectivity index (χ1v) is 5.60. The Morgan fingerprint density at radius 2 is 1.75 bits per heavy atom. The van der Waals surface area contributed by atoms with E-state index in [-0.39, 0.29) is 0 Å². The molecule has 0 bridgehead atoms. The van der Waals surface area contributed by atoms with Crippen LogP contribution in [0.3, 0.4) is 0 Å². The Morgan fingerprint density at radius 3 is 2.33 bits per heavy atom. The summed E-state index contributed by atoms with van der Waals surface area (Å²) in [6.07, 6.45) is 8.79. The first-order chi connectivity index (χ1) is 5.86. The van der Waals surface area contributed by atoms with E-state index in [2.05, 4.69) is 11.8 Å². The van der Waals surface area contributed by atoms with Gasteiger partial charge in [-0.3, -0.25) is 0 Å². The van der Waals surface area contributed by atoms with Gasteiger partial charge in [0.05, 0.1) is 0 Å². The fourth-order valence-electron chi connectivity index (χ4n) is 2.79. The summed E-state index contributed by atoms with van der Waals surface area (Å²) in [6.45, 7) is 5.18. The van der Waals surface area contributed by atoms with Crippen LogP contribution in [0.2, 0.25) is 0 Å². The third-order valence-electron chi connectivity index (χ3n) is 3.57. The summed E-state index contributed by atoms with van der Waals surface area (Å²) in [4.78, 5) is 2.74. The van der Waals surface area contributed by atoms with Gasteiger partial charge in [-0.25, -0.2) is 0 Å².